The van der Waals surface area contributed by atoms with Crippen LogP contribution in [-0.4, -0.2) is 25.7 Å². The molecule has 4 nitrogen and oxygen atoms in total. The Balaban J connectivity index is 2.68. The van der Waals surface area contributed by atoms with Gasteiger partial charge in [-0.05, 0) is 45.0 Å². The highest BCUT2D eigenvalue weighted by Crippen LogP contribution is 2.18. The van der Waals surface area contributed by atoms with Crippen LogP contribution in [0.2, 0.25) is 0 Å². The highest BCUT2D eigenvalue weighted by Gasteiger charge is 2.11. The van der Waals surface area contributed by atoms with Gasteiger partial charge in [-0.1, -0.05) is 0 Å². The first-order valence-electron chi connectivity index (χ1n) is 5.81. The molecule has 0 radical (unpaired) electrons. The molecule has 0 atom stereocenters. The number of anilines is 1. The van der Waals surface area contributed by atoms with Gasteiger partial charge in [-0.3, -0.25) is 4.90 Å². The third-order valence-electron chi connectivity index (χ3n) is 2.25. The van der Waals surface area contributed by atoms with Gasteiger partial charge in [0.1, 0.15) is 5.75 Å². The molecule has 0 saturated heterocycles. The zero-order valence-corrected chi connectivity index (χ0v) is 10.9. The maximum atomic E-state index is 11.7. The van der Waals surface area contributed by atoms with Crippen molar-refractivity contribution in [2.24, 2.45) is 0 Å². The predicted molar refractivity (Wildman–Crippen MR) is 69.7 cm³/mol. The minimum absolute atomic E-state index is 0.107. The SMILES string of the molecule is CCOc1ccc(N(C)C(=O)NC(C)C)cc1. The molecular formula is C13H20N2O2. The van der Waals surface area contributed by atoms with E-state index in [2.05, 4.69) is 5.32 Å². The molecule has 0 bridgehead atoms. The minimum atomic E-state index is -0.107. The quantitative estimate of drug-likeness (QED) is 0.873. The number of hydrogen-bond donors (Lipinski definition) is 1. The number of benzene rings is 1. The third kappa shape index (κ3) is 3.98. The average molecular weight is 236 g/mol. The summed E-state index contributed by atoms with van der Waals surface area (Å²) in [7, 11) is 1.74. The van der Waals surface area contributed by atoms with Gasteiger partial charge in [0.05, 0.1) is 6.61 Å². The molecule has 0 aliphatic heterocycles. The van der Waals surface area contributed by atoms with E-state index in [9.17, 15) is 4.79 Å². The second-order valence-electron chi connectivity index (χ2n) is 4.09. The Hall–Kier alpha value is -1.71. The van der Waals surface area contributed by atoms with E-state index in [1.165, 1.54) is 0 Å². The number of ether oxygens (including phenoxy) is 1. The predicted octanol–water partition coefficient (Wildman–Crippen LogP) is 2.64. The van der Waals surface area contributed by atoms with Crippen molar-refractivity contribution >= 4 is 11.7 Å². The first kappa shape index (κ1) is 13.4. The largest absolute Gasteiger partial charge is 0.494 e. The zero-order chi connectivity index (χ0) is 12.8. The van der Waals surface area contributed by atoms with Crippen LogP contribution in [0.3, 0.4) is 0 Å². The summed E-state index contributed by atoms with van der Waals surface area (Å²) >= 11 is 0. The van der Waals surface area contributed by atoms with E-state index in [0.29, 0.717) is 6.61 Å². The van der Waals surface area contributed by atoms with E-state index in [1.807, 2.05) is 45.0 Å². The lowest BCUT2D eigenvalue weighted by Gasteiger charge is -2.20. The molecule has 0 aromatic heterocycles. The molecule has 0 fully saturated rings. The molecule has 1 aromatic rings. The monoisotopic (exact) mass is 236 g/mol. The molecule has 0 aliphatic rings. The van der Waals surface area contributed by atoms with Gasteiger partial charge in [-0.25, -0.2) is 4.79 Å². The molecule has 2 amide bonds. The molecule has 0 saturated carbocycles. The first-order chi connectivity index (χ1) is 8.04. The van der Waals surface area contributed by atoms with Gasteiger partial charge in [-0.2, -0.15) is 0 Å². The van der Waals surface area contributed by atoms with Gasteiger partial charge in [0.2, 0.25) is 0 Å². The van der Waals surface area contributed by atoms with Gasteiger partial charge in [0.25, 0.3) is 0 Å². The van der Waals surface area contributed by atoms with Crippen LogP contribution in [0.1, 0.15) is 20.8 Å². The Labute approximate surface area is 103 Å². The van der Waals surface area contributed by atoms with Gasteiger partial charge in [0, 0.05) is 18.8 Å². The lowest BCUT2D eigenvalue weighted by Crippen LogP contribution is -2.40. The summed E-state index contributed by atoms with van der Waals surface area (Å²) in [5.41, 5.74) is 0.839. The highest BCUT2D eigenvalue weighted by molar-refractivity contribution is 5.91. The Kier molecular flexibility index (Phi) is 4.82. The van der Waals surface area contributed by atoms with E-state index in [1.54, 1.807) is 11.9 Å². The van der Waals surface area contributed by atoms with Crippen LogP contribution in [-0.2, 0) is 0 Å². The number of nitrogens with zero attached hydrogens (tertiary/aromatic N) is 1. The fraction of sp³-hybridized carbons (Fsp3) is 0.462. The Morgan fingerprint density at radius 1 is 1.35 bits per heavy atom. The number of amides is 2. The molecule has 4 heteroatoms. The van der Waals surface area contributed by atoms with Crippen LogP contribution < -0.4 is 15.0 Å². The highest BCUT2D eigenvalue weighted by atomic mass is 16.5. The maximum absolute atomic E-state index is 11.7. The van der Waals surface area contributed by atoms with E-state index in [0.717, 1.165) is 11.4 Å². The van der Waals surface area contributed by atoms with Crippen molar-refractivity contribution in [2.75, 3.05) is 18.6 Å². The molecule has 1 rings (SSSR count). The van der Waals surface area contributed by atoms with Crippen molar-refractivity contribution in [3.63, 3.8) is 0 Å². The molecule has 0 spiro atoms. The lowest BCUT2D eigenvalue weighted by atomic mass is 10.3. The van der Waals surface area contributed by atoms with Crippen LogP contribution in [0, 0.1) is 0 Å². The Bertz CT molecular complexity index is 360. The molecule has 94 valence electrons. The molecule has 0 aliphatic carbocycles. The smallest absolute Gasteiger partial charge is 0.321 e. The van der Waals surface area contributed by atoms with Crippen LogP contribution in [0.15, 0.2) is 24.3 Å². The minimum Gasteiger partial charge on any atom is -0.494 e. The molecule has 1 aromatic carbocycles. The summed E-state index contributed by atoms with van der Waals surface area (Å²) in [6, 6.07) is 7.47. The molecule has 17 heavy (non-hydrogen) atoms. The molecule has 0 heterocycles. The first-order valence-corrected chi connectivity index (χ1v) is 5.81. The number of carbonyl (C=O) groups excluding carboxylic acids is 1. The van der Waals surface area contributed by atoms with Gasteiger partial charge in [-0.15, -0.1) is 0 Å². The van der Waals surface area contributed by atoms with Crippen molar-refractivity contribution < 1.29 is 9.53 Å². The molecule has 1 N–H and O–H groups in total. The summed E-state index contributed by atoms with van der Waals surface area (Å²) in [6.07, 6.45) is 0. The normalized spacial score (nSPS) is 10.2. The number of rotatable bonds is 4. The van der Waals surface area contributed by atoms with Crippen molar-refractivity contribution in [3.8, 4) is 5.75 Å². The van der Waals surface area contributed by atoms with Crippen molar-refractivity contribution in [1.82, 2.24) is 5.32 Å². The second-order valence-corrected chi connectivity index (χ2v) is 4.09. The average Bonchev–Trinajstić information content (AvgIpc) is 2.28. The van der Waals surface area contributed by atoms with Crippen LogP contribution in [0.4, 0.5) is 10.5 Å². The topological polar surface area (TPSA) is 41.6 Å². The van der Waals surface area contributed by atoms with Crippen molar-refractivity contribution in [1.29, 1.82) is 0 Å². The summed E-state index contributed by atoms with van der Waals surface area (Å²) in [5.74, 6) is 0.814. The standard InChI is InChI=1S/C13H20N2O2/c1-5-17-12-8-6-11(7-9-12)15(4)13(16)14-10(2)3/h6-10H,5H2,1-4H3,(H,14,16). The summed E-state index contributed by atoms with van der Waals surface area (Å²) in [6.45, 7) is 6.45. The number of nitrogens with one attached hydrogen (secondary N) is 1. The second kappa shape index (κ2) is 6.13. The number of carbonyl (C=O) groups is 1. The van der Waals surface area contributed by atoms with Crippen molar-refractivity contribution in [2.45, 2.75) is 26.8 Å². The Morgan fingerprint density at radius 2 is 1.94 bits per heavy atom. The zero-order valence-electron chi connectivity index (χ0n) is 10.9. The number of urea groups is 1. The summed E-state index contributed by atoms with van der Waals surface area (Å²) in [5, 5.41) is 2.84. The van der Waals surface area contributed by atoms with E-state index >= 15 is 0 Å². The maximum Gasteiger partial charge on any atom is 0.321 e. The lowest BCUT2D eigenvalue weighted by molar-refractivity contribution is 0.245. The summed E-state index contributed by atoms with van der Waals surface area (Å²) in [4.78, 5) is 13.3. The van der Waals surface area contributed by atoms with Gasteiger partial charge < -0.3 is 10.1 Å². The third-order valence-corrected chi connectivity index (χ3v) is 2.25. The van der Waals surface area contributed by atoms with Gasteiger partial charge in [0.15, 0.2) is 0 Å². The van der Waals surface area contributed by atoms with E-state index in [-0.39, 0.29) is 12.1 Å². The fourth-order valence-corrected chi connectivity index (χ4v) is 1.39. The molecule has 0 unspecified atom stereocenters. The Morgan fingerprint density at radius 3 is 2.41 bits per heavy atom. The van der Waals surface area contributed by atoms with Crippen LogP contribution in [0.5, 0.6) is 5.75 Å². The fourth-order valence-electron chi connectivity index (χ4n) is 1.39. The number of hydrogen-bond acceptors (Lipinski definition) is 2. The molecular weight excluding hydrogens is 216 g/mol. The van der Waals surface area contributed by atoms with E-state index in [4.69, 9.17) is 4.74 Å². The van der Waals surface area contributed by atoms with Crippen LogP contribution >= 0.6 is 0 Å². The summed E-state index contributed by atoms with van der Waals surface area (Å²) < 4.78 is 5.35. The van der Waals surface area contributed by atoms with Gasteiger partial charge >= 0.3 is 6.03 Å². The van der Waals surface area contributed by atoms with Crippen LogP contribution in [0.25, 0.3) is 0 Å². The van der Waals surface area contributed by atoms with Crippen molar-refractivity contribution in [3.05, 3.63) is 24.3 Å². The van der Waals surface area contributed by atoms with E-state index < -0.39 is 0 Å².